The van der Waals surface area contributed by atoms with E-state index in [0.717, 1.165) is 46.3 Å². The van der Waals surface area contributed by atoms with Crippen LogP contribution in [0, 0.1) is 11.7 Å². The molecule has 178 valence electrons. The molecule has 0 spiro atoms. The van der Waals surface area contributed by atoms with E-state index in [1.54, 1.807) is 18.2 Å². The van der Waals surface area contributed by atoms with E-state index < -0.39 is 12.0 Å². The number of amides is 1. The summed E-state index contributed by atoms with van der Waals surface area (Å²) in [5.41, 5.74) is 3.95. The smallest absolute Gasteiger partial charge is 0.326 e. The molecule has 5 rings (SSSR count). The topological polar surface area (TPSA) is 91.3 Å². The van der Waals surface area contributed by atoms with Crippen LogP contribution in [-0.4, -0.2) is 28.0 Å². The average molecular weight is 490 g/mol. The van der Waals surface area contributed by atoms with Crippen LogP contribution in [0.1, 0.15) is 36.0 Å². The van der Waals surface area contributed by atoms with E-state index in [0.29, 0.717) is 23.0 Å². The van der Waals surface area contributed by atoms with Crippen molar-refractivity contribution in [1.29, 1.82) is 0 Å². The Bertz CT molecular complexity index is 1360. The second-order valence-corrected chi connectivity index (χ2v) is 9.84. The Hall–Kier alpha value is -3.78. The van der Waals surface area contributed by atoms with Crippen LogP contribution in [0.2, 0.25) is 0 Å². The number of carboxylic acids is 1. The molecular formula is C27H24FN3O3S. The maximum absolute atomic E-state index is 13.4. The molecule has 35 heavy (non-hydrogen) atoms. The van der Waals surface area contributed by atoms with Gasteiger partial charge in [0.2, 0.25) is 0 Å². The third-order valence-corrected chi connectivity index (χ3v) is 7.30. The van der Waals surface area contributed by atoms with Gasteiger partial charge >= 0.3 is 5.97 Å². The number of benzene rings is 3. The number of carbonyl (C=O) groups is 2. The molecule has 6 nitrogen and oxygen atoms in total. The molecule has 1 aromatic heterocycles. The number of fused-ring (bicyclic) bond motifs is 1. The zero-order valence-electron chi connectivity index (χ0n) is 18.8. The van der Waals surface area contributed by atoms with Crippen molar-refractivity contribution in [2.75, 3.05) is 5.32 Å². The van der Waals surface area contributed by atoms with E-state index in [-0.39, 0.29) is 11.7 Å². The number of aromatic nitrogens is 1. The number of carbonyl (C=O) groups excluding carboxylic acids is 1. The van der Waals surface area contributed by atoms with Gasteiger partial charge in [-0.05, 0) is 65.9 Å². The monoisotopic (exact) mass is 489 g/mol. The van der Waals surface area contributed by atoms with Gasteiger partial charge in [-0.3, -0.25) is 4.79 Å². The second-order valence-electron chi connectivity index (χ2n) is 8.81. The number of anilines is 2. The van der Waals surface area contributed by atoms with E-state index in [2.05, 4.69) is 15.6 Å². The average Bonchev–Trinajstić information content (AvgIpc) is 3.22. The Morgan fingerprint density at radius 3 is 2.34 bits per heavy atom. The first-order valence-electron chi connectivity index (χ1n) is 11.5. The Balaban J connectivity index is 1.23. The number of hydrogen-bond donors (Lipinski definition) is 3. The summed E-state index contributed by atoms with van der Waals surface area (Å²) in [7, 11) is 0. The van der Waals surface area contributed by atoms with Crippen molar-refractivity contribution < 1.29 is 19.1 Å². The van der Waals surface area contributed by atoms with Crippen LogP contribution in [0.15, 0.2) is 66.7 Å². The number of aliphatic carboxylic acids is 1. The van der Waals surface area contributed by atoms with Crippen LogP contribution in [0.5, 0.6) is 0 Å². The molecule has 0 radical (unpaired) electrons. The van der Waals surface area contributed by atoms with Gasteiger partial charge < -0.3 is 15.7 Å². The molecule has 1 amide bonds. The fourth-order valence-electron chi connectivity index (χ4n) is 4.16. The lowest BCUT2D eigenvalue weighted by Crippen LogP contribution is -2.42. The van der Waals surface area contributed by atoms with Crippen molar-refractivity contribution >= 4 is 44.2 Å². The first-order chi connectivity index (χ1) is 16.9. The van der Waals surface area contributed by atoms with E-state index in [9.17, 15) is 19.1 Å². The van der Waals surface area contributed by atoms with E-state index >= 15 is 0 Å². The van der Waals surface area contributed by atoms with Gasteiger partial charge in [-0.2, -0.15) is 0 Å². The van der Waals surface area contributed by atoms with Crippen molar-refractivity contribution in [2.45, 2.75) is 31.7 Å². The largest absolute Gasteiger partial charge is 0.480 e. The zero-order valence-corrected chi connectivity index (χ0v) is 19.6. The third kappa shape index (κ3) is 5.33. The Kier molecular flexibility index (Phi) is 6.46. The molecule has 1 aliphatic rings. The maximum atomic E-state index is 13.4. The van der Waals surface area contributed by atoms with Crippen LogP contribution < -0.4 is 10.6 Å². The molecule has 1 atom stereocenters. The van der Waals surface area contributed by atoms with Gasteiger partial charge in [0.25, 0.3) is 5.91 Å². The minimum atomic E-state index is -0.992. The van der Waals surface area contributed by atoms with E-state index in [1.807, 2.05) is 36.4 Å². The number of carboxylic acid groups (broad SMARTS) is 1. The van der Waals surface area contributed by atoms with Crippen molar-refractivity contribution in [1.82, 2.24) is 10.3 Å². The minimum Gasteiger partial charge on any atom is -0.480 e. The molecule has 0 unspecified atom stereocenters. The zero-order chi connectivity index (χ0) is 24.4. The van der Waals surface area contributed by atoms with Crippen LogP contribution >= 0.6 is 11.3 Å². The summed E-state index contributed by atoms with van der Waals surface area (Å²) in [4.78, 5) is 28.6. The number of rotatable bonds is 8. The molecule has 0 saturated heterocycles. The molecule has 1 saturated carbocycles. The Morgan fingerprint density at radius 2 is 1.71 bits per heavy atom. The van der Waals surface area contributed by atoms with Gasteiger partial charge in [0.15, 0.2) is 5.13 Å². The highest BCUT2D eigenvalue weighted by molar-refractivity contribution is 7.22. The van der Waals surface area contributed by atoms with Gasteiger partial charge in [-0.25, -0.2) is 14.2 Å². The lowest BCUT2D eigenvalue weighted by Gasteiger charge is -2.28. The lowest BCUT2D eigenvalue weighted by molar-refractivity contribution is -0.139. The van der Waals surface area contributed by atoms with Gasteiger partial charge in [-0.15, -0.1) is 0 Å². The van der Waals surface area contributed by atoms with Crippen LogP contribution in [0.4, 0.5) is 15.2 Å². The Morgan fingerprint density at radius 1 is 1.03 bits per heavy atom. The van der Waals surface area contributed by atoms with Crippen molar-refractivity contribution in [2.24, 2.45) is 5.92 Å². The molecule has 1 heterocycles. The quantitative estimate of drug-likeness (QED) is 0.273. The number of thiazole rings is 1. The second kappa shape index (κ2) is 9.84. The fraction of sp³-hybridized carbons (Fsp3) is 0.222. The summed E-state index contributed by atoms with van der Waals surface area (Å²) in [6.07, 6.45) is 3.67. The molecule has 8 heteroatoms. The molecule has 3 N–H and O–H groups in total. The predicted octanol–water partition coefficient (Wildman–Crippen LogP) is 6.22. The summed E-state index contributed by atoms with van der Waals surface area (Å²) in [6.45, 7) is 0. The highest BCUT2D eigenvalue weighted by Gasteiger charge is 2.27. The van der Waals surface area contributed by atoms with E-state index in [4.69, 9.17) is 0 Å². The molecule has 0 aliphatic heterocycles. The first kappa shape index (κ1) is 23.0. The first-order valence-corrected chi connectivity index (χ1v) is 12.3. The number of nitrogens with one attached hydrogen (secondary N) is 2. The number of nitrogens with zero attached hydrogens (tertiary/aromatic N) is 1. The molecular weight excluding hydrogens is 465 g/mol. The molecule has 3 aromatic carbocycles. The Labute approximate surface area is 205 Å². The van der Waals surface area contributed by atoms with Crippen LogP contribution in [0.3, 0.4) is 0 Å². The molecule has 1 aliphatic carbocycles. The SMILES string of the molecule is O=C(N[C@@H](CC1CCC1)C(=O)O)c1ccc(-c2ccc(Nc3nc4ccc(F)cc4s3)cc2)cc1. The highest BCUT2D eigenvalue weighted by atomic mass is 32.1. The van der Waals surface area contributed by atoms with Crippen molar-refractivity contribution in [3.8, 4) is 11.1 Å². The minimum absolute atomic E-state index is 0.282. The van der Waals surface area contributed by atoms with Crippen molar-refractivity contribution in [3.05, 3.63) is 78.1 Å². The van der Waals surface area contributed by atoms with Gasteiger partial charge in [0.1, 0.15) is 11.9 Å². The lowest BCUT2D eigenvalue weighted by atomic mass is 9.81. The standard InChI is InChI=1S/C27H24FN3O3S/c28-20-10-13-22-24(15-20)35-27(31-22)29-21-11-8-18(9-12-21)17-4-6-19(7-5-17)25(32)30-23(26(33)34)14-16-2-1-3-16/h4-13,15-16,23H,1-3,14H2,(H,29,31)(H,30,32)(H,33,34)/t23-/m0/s1. The third-order valence-electron chi connectivity index (χ3n) is 6.36. The number of halogens is 1. The van der Waals surface area contributed by atoms with Crippen LogP contribution in [-0.2, 0) is 4.79 Å². The maximum Gasteiger partial charge on any atom is 0.326 e. The van der Waals surface area contributed by atoms with Gasteiger partial charge in [0, 0.05) is 11.3 Å². The summed E-state index contributed by atoms with van der Waals surface area (Å²) < 4.78 is 14.2. The van der Waals surface area contributed by atoms with Crippen molar-refractivity contribution in [3.63, 3.8) is 0 Å². The van der Waals surface area contributed by atoms with Gasteiger partial charge in [0.05, 0.1) is 10.2 Å². The van der Waals surface area contributed by atoms with E-state index in [1.165, 1.54) is 23.5 Å². The summed E-state index contributed by atoms with van der Waals surface area (Å²) >= 11 is 1.39. The fourth-order valence-corrected chi connectivity index (χ4v) is 5.07. The van der Waals surface area contributed by atoms with Crippen LogP contribution in [0.25, 0.3) is 21.3 Å². The normalized spacial score (nSPS) is 14.3. The highest BCUT2D eigenvalue weighted by Crippen LogP contribution is 2.31. The number of hydrogen-bond acceptors (Lipinski definition) is 5. The summed E-state index contributed by atoms with van der Waals surface area (Å²) in [6, 6.07) is 18.6. The summed E-state index contributed by atoms with van der Waals surface area (Å²) in [5, 5.41) is 16.1. The summed E-state index contributed by atoms with van der Waals surface area (Å²) in [5.74, 6) is -1.27. The predicted molar refractivity (Wildman–Crippen MR) is 136 cm³/mol. The van der Waals surface area contributed by atoms with Gasteiger partial charge in [-0.1, -0.05) is 54.9 Å². The molecule has 4 aromatic rings. The molecule has 0 bridgehead atoms. The molecule has 1 fully saturated rings.